The van der Waals surface area contributed by atoms with E-state index in [4.69, 9.17) is 24.1 Å². The molecule has 3 fully saturated rings. The Hall–Kier alpha value is -0.400. The fraction of sp³-hybridized carbons (Fsp3) is 1.00. The minimum absolute atomic E-state index is 0.356. The minimum Gasteiger partial charge on any atom is -0.394 e. The number of epoxide rings is 1. The molecule has 3 saturated heterocycles. The molecule has 10 heteroatoms. The van der Waals surface area contributed by atoms with E-state index in [1.165, 1.54) is 0 Å². The molecule has 0 bridgehead atoms. The third-order valence-corrected chi connectivity index (χ3v) is 4.25. The van der Waals surface area contributed by atoms with Gasteiger partial charge in [0.2, 0.25) is 5.79 Å². The van der Waals surface area contributed by atoms with Crippen molar-refractivity contribution in [2.45, 2.75) is 54.8 Å². The van der Waals surface area contributed by atoms with Crippen molar-refractivity contribution in [3.05, 3.63) is 0 Å². The largest absolute Gasteiger partial charge is 0.394 e. The van der Waals surface area contributed by atoms with Crippen LogP contribution in [0.15, 0.2) is 0 Å². The number of fused-ring (bicyclic) bond motifs is 1. The summed E-state index contributed by atoms with van der Waals surface area (Å²) in [6, 6.07) is 0. The van der Waals surface area contributed by atoms with Crippen LogP contribution in [0.3, 0.4) is 0 Å². The normalized spacial score (nSPS) is 54.3. The van der Waals surface area contributed by atoms with E-state index in [-0.39, 0.29) is 6.61 Å². The first-order chi connectivity index (χ1) is 10.5. The Morgan fingerprint density at radius 2 is 1.55 bits per heavy atom. The highest BCUT2D eigenvalue weighted by atomic mass is 16.8. The molecule has 128 valence electrons. The average molecular weight is 324 g/mol. The number of ether oxygens (including phenoxy) is 4. The van der Waals surface area contributed by atoms with Gasteiger partial charge < -0.3 is 49.6 Å². The highest BCUT2D eigenvalue weighted by molar-refractivity contribution is 5.03. The van der Waals surface area contributed by atoms with E-state index in [1.54, 1.807) is 0 Å². The summed E-state index contributed by atoms with van der Waals surface area (Å²) >= 11 is 0. The van der Waals surface area contributed by atoms with E-state index in [9.17, 15) is 25.5 Å². The zero-order chi connectivity index (χ0) is 16.1. The lowest BCUT2D eigenvalue weighted by atomic mass is 10.0. The second-order valence-electron chi connectivity index (χ2n) is 5.64. The summed E-state index contributed by atoms with van der Waals surface area (Å²) in [6.45, 7) is -1.79. The Bertz CT molecular complexity index is 407. The van der Waals surface area contributed by atoms with Gasteiger partial charge in [0, 0.05) is 0 Å². The number of aliphatic hydroxyl groups is 6. The number of hydrogen-bond donors (Lipinski definition) is 6. The van der Waals surface area contributed by atoms with Gasteiger partial charge in [-0.1, -0.05) is 0 Å². The van der Waals surface area contributed by atoms with E-state index in [0.717, 1.165) is 0 Å². The molecule has 0 aromatic heterocycles. The van der Waals surface area contributed by atoms with Gasteiger partial charge >= 0.3 is 0 Å². The molecule has 3 rings (SSSR count). The lowest BCUT2D eigenvalue weighted by Crippen LogP contribution is -2.56. The predicted molar refractivity (Wildman–Crippen MR) is 65.3 cm³/mol. The van der Waals surface area contributed by atoms with Crippen LogP contribution in [0.25, 0.3) is 0 Å². The molecule has 6 N–H and O–H groups in total. The molecule has 9 atom stereocenters. The molecule has 3 unspecified atom stereocenters. The quantitative estimate of drug-likeness (QED) is 0.273. The Morgan fingerprint density at radius 1 is 0.864 bits per heavy atom. The van der Waals surface area contributed by atoms with Gasteiger partial charge in [-0.3, -0.25) is 0 Å². The first-order valence-corrected chi connectivity index (χ1v) is 7.00. The molecule has 10 nitrogen and oxygen atoms in total. The van der Waals surface area contributed by atoms with Crippen molar-refractivity contribution in [2.24, 2.45) is 0 Å². The van der Waals surface area contributed by atoms with Gasteiger partial charge in [-0.15, -0.1) is 0 Å². The minimum atomic E-state index is -2.06. The molecule has 3 aliphatic rings. The molecule has 0 aromatic rings. The van der Waals surface area contributed by atoms with Crippen LogP contribution in [0.1, 0.15) is 0 Å². The summed E-state index contributed by atoms with van der Waals surface area (Å²) in [6.07, 6.45) is -8.57. The first-order valence-electron chi connectivity index (χ1n) is 7.00. The molecular formula is C12H20O10. The van der Waals surface area contributed by atoms with Crippen molar-refractivity contribution in [1.82, 2.24) is 0 Å². The highest BCUT2D eigenvalue weighted by Crippen LogP contribution is 2.41. The fourth-order valence-electron chi connectivity index (χ4n) is 2.91. The van der Waals surface area contributed by atoms with Crippen molar-refractivity contribution < 1.29 is 49.6 Å². The maximum absolute atomic E-state index is 10.1. The number of rotatable bonds is 5. The van der Waals surface area contributed by atoms with E-state index in [1.807, 2.05) is 0 Å². The Labute approximate surface area is 125 Å². The van der Waals surface area contributed by atoms with Gasteiger partial charge in [-0.05, 0) is 0 Å². The molecule has 0 aliphatic carbocycles. The molecule has 0 amide bonds. The van der Waals surface area contributed by atoms with Crippen LogP contribution in [0.4, 0.5) is 0 Å². The highest BCUT2D eigenvalue weighted by Gasteiger charge is 2.62. The summed E-state index contributed by atoms with van der Waals surface area (Å²) in [4.78, 5) is 0. The van der Waals surface area contributed by atoms with Gasteiger partial charge in [0.25, 0.3) is 0 Å². The second kappa shape index (κ2) is 5.91. The van der Waals surface area contributed by atoms with Crippen LogP contribution in [0.2, 0.25) is 0 Å². The third-order valence-electron chi connectivity index (χ3n) is 4.25. The van der Waals surface area contributed by atoms with Crippen LogP contribution in [0.5, 0.6) is 0 Å². The average Bonchev–Trinajstić information content (AvgIpc) is 3.29. The van der Waals surface area contributed by atoms with E-state index in [0.29, 0.717) is 0 Å². The van der Waals surface area contributed by atoms with Gasteiger partial charge in [-0.2, -0.15) is 0 Å². The van der Waals surface area contributed by atoms with Gasteiger partial charge in [-0.25, -0.2) is 0 Å². The molecule has 22 heavy (non-hydrogen) atoms. The molecule has 0 saturated carbocycles. The lowest BCUT2D eigenvalue weighted by Gasteiger charge is -2.38. The Morgan fingerprint density at radius 3 is 2.09 bits per heavy atom. The van der Waals surface area contributed by atoms with Gasteiger partial charge in [0.05, 0.1) is 13.2 Å². The zero-order valence-corrected chi connectivity index (χ0v) is 11.6. The van der Waals surface area contributed by atoms with Crippen LogP contribution >= 0.6 is 0 Å². The van der Waals surface area contributed by atoms with Crippen LogP contribution in [0, 0.1) is 0 Å². The van der Waals surface area contributed by atoms with Crippen LogP contribution in [-0.4, -0.2) is 105 Å². The third kappa shape index (κ3) is 2.45. The van der Waals surface area contributed by atoms with E-state index in [2.05, 4.69) is 0 Å². The van der Waals surface area contributed by atoms with Gasteiger partial charge in [0.15, 0.2) is 6.29 Å². The molecular weight excluding hydrogens is 304 g/mol. The number of hydrogen-bond acceptors (Lipinski definition) is 10. The topological polar surface area (TPSA) is 162 Å². The molecule has 3 heterocycles. The first kappa shape index (κ1) is 16.5. The van der Waals surface area contributed by atoms with Gasteiger partial charge in [0.1, 0.15) is 49.3 Å². The van der Waals surface area contributed by atoms with Crippen LogP contribution < -0.4 is 0 Å². The monoisotopic (exact) mass is 324 g/mol. The molecule has 3 aliphatic heterocycles. The van der Waals surface area contributed by atoms with E-state index < -0.39 is 68.0 Å². The molecule has 0 aromatic carbocycles. The Balaban J connectivity index is 1.75. The summed E-state index contributed by atoms with van der Waals surface area (Å²) < 4.78 is 21.1. The van der Waals surface area contributed by atoms with Crippen molar-refractivity contribution in [1.29, 1.82) is 0 Å². The number of aliphatic hydroxyl groups excluding tert-OH is 6. The summed E-state index contributed by atoms with van der Waals surface area (Å²) in [5.41, 5.74) is 0. The summed E-state index contributed by atoms with van der Waals surface area (Å²) in [7, 11) is 0. The maximum Gasteiger partial charge on any atom is 0.224 e. The van der Waals surface area contributed by atoms with Crippen molar-refractivity contribution in [3.8, 4) is 0 Å². The summed E-state index contributed by atoms with van der Waals surface area (Å²) in [5.74, 6) is -2.06. The summed E-state index contributed by atoms with van der Waals surface area (Å²) in [5, 5.41) is 57.7. The maximum atomic E-state index is 10.1. The predicted octanol–water partition coefficient (Wildman–Crippen LogP) is -4.35. The van der Waals surface area contributed by atoms with Crippen molar-refractivity contribution in [3.63, 3.8) is 0 Å². The SMILES string of the molecule is OCC1O[C@H](O[C@]2(CO)O[C@H](CO)[C@H](O)C2O)[C@@H](O)C2O[C@H]12. The molecule has 0 radical (unpaired) electrons. The zero-order valence-electron chi connectivity index (χ0n) is 11.6. The van der Waals surface area contributed by atoms with E-state index >= 15 is 0 Å². The van der Waals surface area contributed by atoms with Crippen LogP contribution in [-0.2, 0) is 18.9 Å². The Kier molecular flexibility index (Phi) is 4.42. The standard InChI is InChI=1S/C12H20O10/c13-1-4-6(16)10(18)12(3-15,21-4)22-11-7(17)9-8(20-9)5(2-14)19-11/h4-11,13-18H,1-3H2/t4-,5?,6+,7+,8-,9?,10?,11-,12+/m1/s1. The van der Waals surface area contributed by atoms with Crippen molar-refractivity contribution >= 4 is 0 Å². The lowest BCUT2D eigenvalue weighted by molar-refractivity contribution is -0.361. The molecule has 0 spiro atoms. The fourth-order valence-corrected chi connectivity index (χ4v) is 2.91. The van der Waals surface area contributed by atoms with Crippen molar-refractivity contribution in [2.75, 3.05) is 19.8 Å². The second-order valence-corrected chi connectivity index (χ2v) is 5.64. The smallest absolute Gasteiger partial charge is 0.224 e.